The highest BCUT2D eigenvalue weighted by molar-refractivity contribution is 5.89. The summed E-state index contributed by atoms with van der Waals surface area (Å²) in [6.07, 6.45) is 1.55. The van der Waals surface area contributed by atoms with Gasteiger partial charge in [-0.05, 0) is 19.1 Å². The van der Waals surface area contributed by atoms with Crippen LogP contribution >= 0.6 is 0 Å². The highest BCUT2D eigenvalue weighted by Crippen LogP contribution is 2.14. The maximum Gasteiger partial charge on any atom is 0.339 e. The monoisotopic (exact) mass is 320 g/mol. The second-order valence-electron chi connectivity index (χ2n) is 5.68. The van der Waals surface area contributed by atoms with Crippen molar-refractivity contribution in [2.75, 3.05) is 58.3 Å². The van der Waals surface area contributed by atoms with E-state index in [1.165, 1.54) is 0 Å². The number of piperazine rings is 1. The Labute approximate surface area is 136 Å². The molecule has 126 valence electrons. The lowest BCUT2D eigenvalue weighted by Crippen LogP contribution is -2.49. The number of amides is 1. The molecular weight excluding hydrogens is 296 g/mol. The molecule has 0 aromatic carbocycles. The summed E-state index contributed by atoms with van der Waals surface area (Å²) in [6.45, 7) is 5.85. The molecule has 0 N–H and O–H groups in total. The lowest BCUT2D eigenvalue weighted by molar-refractivity contribution is -0.129. The van der Waals surface area contributed by atoms with Crippen LogP contribution in [-0.2, 0) is 9.53 Å². The summed E-state index contributed by atoms with van der Waals surface area (Å²) >= 11 is 0. The summed E-state index contributed by atoms with van der Waals surface area (Å²) in [5.74, 6) is 0.616. The molecule has 1 aromatic rings. The van der Waals surface area contributed by atoms with E-state index >= 15 is 0 Å². The number of pyridine rings is 1. The van der Waals surface area contributed by atoms with Gasteiger partial charge in [0.15, 0.2) is 0 Å². The van der Waals surface area contributed by atoms with Crippen LogP contribution in [0.5, 0.6) is 0 Å². The number of aromatic nitrogens is 1. The van der Waals surface area contributed by atoms with Gasteiger partial charge in [0.1, 0.15) is 5.82 Å². The fourth-order valence-electron chi connectivity index (χ4n) is 2.38. The normalized spacial score (nSPS) is 15.3. The minimum atomic E-state index is -0.349. The predicted octanol–water partition coefficient (Wildman–Crippen LogP) is 0.469. The molecule has 2 rings (SSSR count). The average molecular weight is 320 g/mol. The Morgan fingerprint density at radius 2 is 1.91 bits per heavy atom. The molecule has 0 bridgehead atoms. The van der Waals surface area contributed by atoms with E-state index in [1.54, 1.807) is 38.2 Å². The molecular formula is C16H24N4O3. The van der Waals surface area contributed by atoms with Gasteiger partial charge in [-0.1, -0.05) is 0 Å². The molecule has 7 heteroatoms. The van der Waals surface area contributed by atoms with E-state index in [9.17, 15) is 9.59 Å². The van der Waals surface area contributed by atoms with Gasteiger partial charge >= 0.3 is 5.97 Å². The van der Waals surface area contributed by atoms with Crippen molar-refractivity contribution >= 4 is 17.7 Å². The predicted molar refractivity (Wildman–Crippen MR) is 87.5 cm³/mol. The molecule has 0 spiro atoms. The van der Waals surface area contributed by atoms with Gasteiger partial charge < -0.3 is 14.5 Å². The second kappa shape index (κ2) is 7.92. The van der Waals surface area contributed by atoms with E-state index < -0.39 is 0 Å². The van der Waals surface area contributed by atoms with Crippen LogP contribution in [-0.4, -0.2) is 80.1 Å². The number of hydrogen-bond donors (Lipinski definition) is 0. The van der Waals surface area contributed by atoms with Crippen molar-refractivity contribution in [3.8, 4) is 0 Å². The molecule has 1 aromatic heterocycles. The summed E-state index contributed by atoms with van der Waals surface area (Å²) in [6, 6.07) is 3.58. The van der Waals surface area contributed by atoms with Gasteiger partial charge in [-0.2, -0.15) is 0 Å². The highest BCUT2D eigenvalue weighted by atomic mass is 16.5. The van der Waals surface area contributed by atoms with Crippen LogP contribution in [0.15, 0.2) is 18.3 Å². The van der Waals surface area contributed by atoms with Crippen LogP contribution in [0.2, 0.25) is 0 Å². The van der Waals surface area contributed by atoms with Gasteiger partial charge in [0.25, 0.3) is 0 Å². The Bertz CT molecular complexity index is 537. The molecule has 1 saturated heterocycles. The Hall–Kier alpha value is -2.15. The van der Waals surface area contributed by atoms with Crippen LogP contribution in [0.1, 0.15) is 17.3 Å². The van der Waals surface area contributed by atoms with Crippen molar-refractivity contribution in [3.63, 3.8) is 0 Å². The van der Waals surface area contributed by atoms with Crippen molar-refractivity contribution in [3.05, 3.63) is 23.9 Å². The number of rotatable bonds is 5. The van der Waals surface area contributed by atoms with Gasteiger partial charge in [-0.3, -0.25) is 9.69 Å². The van der Waals surface area contributed by atoms with Gasteiger partial charge in [0.2, 0.25) is 5.91 Å². The third-order valence-electron chi connectivity index (χ3n) is 3.81. The van der Waals surface area contributed by atoms with Gasteiger partial charge in [-0.15, -0.1) is 0 Å². The van der Waals surface area contributed by atoms with Crippen LogP contribution in [0.4, 0.5) is 5.82 Å². The first-order valence-electron chi connectivity index (χ1n) is 7.82. The Balaban J connectivity index is 1.88. The average Bonchev–Trinajstić information content (AvgIpc) is 2.56. The molecule has 0 atom stereocenters. The number of nitrogens with zero attached hydrogens (tertiary/aromatic N) is 4. The summed E-state index contributed by atoms with van der Waals surface area (Å²) in [7, 11) is 3.54. The van der Waals surface area contributed by atoms with Crippen molar-refractivity contribution in [2.24, 2.45) is 0 Å². The number of hydrogen-bond acceptors (Lipinski definition) is 6. The first-order chi connectivity index (χ1) is 11.0. The molecule has 1 aliphatic heterocycles. The number of anilines is 1. The summed E-state index contributed by atoms with van der Waals surface area (Å²) < 4.78 is 4.95. The van der Waals surface area contributed by atoms with Gasteiger partial charge in [0.05, 0.1) is 18.7 Å². The highest BCUT2D eigenvalue weighted by Gasteiger charge is 2.20. The van der Waals surface area contributed by atoms with Crippen molar-refractivity contribution in [1.82, 2.24) is 14.8 Å². The largest absolute Gasteiger partial charge is 0.462 e. The molecule has 0 radical (unpaired) electrons. The van der Waals surface area contributed by atoms with Gasteiger partial charge in [0, 0.05) is 46.5 Å². The van der Waals surface area contributed by atoms with Crippen LogP contribution in [0.3, 0.4) is 0 Å². The summed E-state index contributed by atoms with van der Waals surface area (Å²) in [4.78, 5) is 33.6. The number of ether oxygens (including phenoxy) is 1. The SMILES string of the molecule is CCOC(=O)c1ccc(N2CCN(CC(=O)N(C)C)CC2)nc1. The second-order valence-corrected chi connectivity index (χ2v) is 5.68. The maximum absolute atomic E-state index is 11.7. The minimum Gasteiger partial charge on any atom is -0.462 e. The molecule has 7 nitrogen and oxygen atoms in total. The van der Waals surface area contributed by atoms with E-state index in [0.717, 1.165) is 32.0 Å². The lowest BCUT2D eigenvalue weighted by Gasteiger charge is -2.35. The summed E-state index contributed by atoms with van der Waals surface area (Å²) in [5, 5.41) is 0. The van der Waals surface area contributed by atoms with Gasteiger partial charge in [-0.25, -0.2) is 9.78 Å². The summed E-state index contributed by atoms with van der Waals surface area (Å²) in [5.41, 5.74) is 0.464. The fourth-order valence-corrected chi connectivity index (χ4v) is 2.38. The molecule has 1 aliphatic rings. The lowest BCUT2D eigenvalue weighted by atomic mass is 10.2. The van der Waals surface area contributed by atoms with Crippen molar-refractivity contribution in [2.45, 2.75) is 6.92 Å². The molecule has 0 unspecified atom stereocenters. The fraction of sp³-hybridized carbons (Fsp3) is 0.562. The van der Waals surface area contributed by atoms with E-state index in [4.69, 9.17) is 4.74 Å². The number of carbonyl (C=O) groups excluding carboxylic acids is 2. The van der Waals surface area contributed by atoms with E-state index in [1.807, 2.05) is 6.07 Å². The first kappa shape index (κ1) is 17.2. The Morgan fingerprint density at radius 3 is 2.43 bits per heavy atom. The zero-order valence-electron chi connectivity index (χ0n) is 14.0. The molecule has 1 amide bonds. The number of likely N-dealkylation sites (N-methyl/N-ethyl adjacent to an activating group) is 1. The molecule has 23 heavy (non-hydrogen) atoms. The van der Waals surface area contributed by atoms with E-state index in [-0.39, 0.29) is 11.9 Å². The minimum absolute atomic E-state index is 0.121. The number of esters is 1. The molecule has 0 saturated carbocycles. The van der Waals surface area contributed by atoms with E-state index in [0.29, 0.717) is 18.7 Å². The van der Waals surface area contributed by atoms with Crippen molar-refractivity contribution in [1.29, 1.82) is 0 Å². The maximum atomic E-state index is 11.7. The number of carbonyl (C=O) groups is 2. The third-order valence-corrected chi connectivity index (χ3v) is 3.81. The quantitative estimate of drug-likeness (QED) is 0.735. The van der Waals surface area contributed by atoms with Crippen molar-refractivity contribution < 1.29 is 14.3 Å². The Kier molecular flexibility index (Phi) is 5.92. The third kappa shape index (κ3) is 4.66. The Morgan fingerprint density at radius 1 is 1.22 bits per heavy atom. The van der Waals surface area contributed by atoms with Crippen LogP contribution in [0, 0.1) is 0 Å². The zero-order chi connectivity index (χ0) is 16.8. The molecule has 1 fully saturated rings. The smallest absolute Gasteiger partial charge is 0.339 e. The molecule has 0 aliphatic carbocycles. The van der Waals surface area contributed by atoms with E-state index in [2.05, 4.69) is 14.8 Å². The first-order valence-corrected chi connectivity index (χ1v) is 7.82. The topological polar surface area (TPSA) is 66.0 Å². The van der Waals surface area contributed by atoms with Crippen LogP contribution < -0.4 is 4.90 Å². The molecule has 2 heterocycles. The van der Waals surface area contributed by atoms with Crippen LogP contribution in [0.25, 0.3) is 0 Å². The standard InChI is InChI=1S/C16H24N4O3/c1-4-23-16(22)13-5-6-14(17-11-13)20-9-7-19(8-10-20)12-15(21)18(2)3/h5-6,11H,4,7-10,12H2,1-3H3. The zero-order valence-corrected chi connectivity index (χ0v) is 14.0.